The van der Waals surface area contributed by atoms with Crippen molar-refractivity contribution in [3.05, 3.63) is 0 Å². The summed E-state index contributed by atoms with van der Waals surface area (Å²) in [6.45, 7) is 13.2. The maximum absolute atomic E-state index is 3.77. The van der Waals surface area contributed by atoms with Crippen LogP contribution in [0.4, 0.5) is 0 Å². The summed E-state index contributed by atoms with van der Waals surface area (Å²) in [6.07, 6.45) is 8.28. The molecule has 1 saturated carbocycles. The monoisotopic (exact) mass is 252 g/mol. The lowest BCUT2D eigenvalue weighted by Gasteiger charge is -2.52. The normalized spacial score (nSPS) is 36.3. The molecular formula is C16H32N2. The first kappa shape index (κ1) is 14.3. The third kappa shape index (κ3) is 2.75. The second-order valence-electron chi connectivity index (χ2n) is 6.97. The van der Waals surface area contributed by atoms with Crippen LogP contribution >= 0.6 is 0 Å². The summed E-state index contributed by atoms with van der Waals surface area (Å²) < 4.78 is 0. The van der Waals surface area contributed by atoms with Gasteiger partial charge in [0.2, 0.25) is 0 Å². The highest BCUT2D eigenvalue weighted by Gasteiger charge is 2.41. The molecular weight excluding hydrogens is 220 g/mol. The van der Waals surface area contributed by atoms with Crippen molar-refractivity contribution in [2.24, 2.45) is 5.41 Å². The van der Waals surface area contributed by atoms with Crippen molar-refractivity contribution in [3.8, 4) is 0 Å². The minimum absolute atomic E-state index is 0.338. The molecule has 0 spiro atoms. The van der Waals surface area contributed by atoms with Gasteiger partial charge in [-0.1, -0.05) is 27.2 Å². The zero-order valence-corrected chi connectivity index (χ0v) is 12.9. The Hall–Kier alpha value is -0.0800. The maximum Gasteiger partial charge on any atom is 0.0278 e. The number of nitrogens with one attached hydrogen (secondary N) is 1. The Bertz CT molecular complexity index is 267. The second kappa shape index (κ2) is 5.50. The van der Waals surface area contributed by atoms with Crippen LogP contribution in [-0.4, -0.2) is 36.1 Å². The van der Waals surface area contributed by atoms with Gasteiger partial charge in [0.15, 0.2) is 0 Å². The summed E-state index contributed by atoms with van der Waals surface area (Å²) in [5.41, 5.74) is 1.00. The van der Waals surface area contributed by atoms with Gasteiger partial charge in [0.05, 0.1) is 0 Å². The van der Waals surface area contributed by atoms with Crippen LogP contribution in [0.1, 0.15) is 66.2 Å². The Morgan fingerprint density at radius 3 is 2.33 bits per heavy atom. The van der Waals surface area contributed by atoms with E-state index < -0.39 is 0 Å². The Morgan fingerprint density at radius 1 is 1.17 bits per heavy atom. The van der Waals surface area contributed by atoms with Gasteiger partial charge in [-0.05, 0) is 44.4 Å². The van der Waals surface area contributed by atoms with Gasteiger partial charge >= 0.3 is 0 Å². The molecule has 0 aromatic carbocycles. The fourth-order valence-corrected chi connectivity index (χ4v) is 3.68. The molecule has 2 aliphatic rings. The van der Waals surface area contributed by atoms with Crippen molar-refractivity contribution < 1.29 is 0 Å². The topological polar surface area (TPSA) is 15.3 Å². The van der Waals surface area contributed by atoms with E-state index in [1.165, 1.54) is 58.2 Å². The summed E-state index contributed by atoms with van der Waals surface area (Å²) in [6, 6.07) is 0.758. The molecule has 106 valence electrons. The molecule has 1 N–H and O–H groups in total. The summed E-state index contributed by atoms with van der Waals surface area (Å²) in [7, 11) is 0. The molecule has 0 aromatic rings. The maximum atomic E-state index is 3.77. The smallest absolute Gasteiger partial charge is 0.0278 e. The highest BCUT2D eigenvalue weighted by molar-refractivity contribution is 4.98. The van der Waals surface area contributed by atoms with Crippen molar-refractivity contribution >= 4 is 0 Å². The van der Waals surface area contributed by atoms with E-state index in [1.807, 2.05) is 0 Å². The largest absolute Gasteiger partial charge is 0.309 e. The second-order valence-corrected chi connectivity index (χ2v) is 6.97. The Balaban J connectivity index is 2.02. The van der Waals surface area contributed by atoms with Crippen molar-refractivity contribution in [3.63, 3.8) is 0 Å². The Kier molecular flexibility index (Phi) is 4.38. The highest BCUT2D eigenvalue weighted by atomic mass is 15.3. The zero-order chi connectivity index (χ0) is 13.2. The average Bonchev–Trinajstić information content (AvgIpc) is 2.34. The fourth-order valence-electron chi connectivity index (χ4n) is 3.68. The van der Waals surface area contributed by atoms with Crippen LogP contribution in [0.15, 0.2) is 0 Å². The molecule has 2 fully saturated rings. The van der Waals surface area contributed by atoms with E-state index in [0.717, 1.165) is 6.04 Å². The fraction of sp³-hybridized carbons (Fsp3) is 1.00. The third-order valence-corrected chi connectivity index (χ3v) is 5.79. The van der Waals surface area contributed by atoms with Gasteiger partial charge in [-0.15, -0.1) is 0 Å². The van der Waals surface area contributed by atoms with Gasteiger partial charge in [-0.3, -0.25) is 4.90 Å². The molecule has 2 atom stereocenters. The zero-order valence-electron chi connectivity index (χ0n) is 12.9. The summed E-state index contributed by atoms with van der Waals surface area (Å²) in [5, 5.41) is 3.77. The first-order valence-electron chi connectivity index (χ1n) is 8.05. The molecule has 1 heterocycles. The van der Waals surface area contributed by atoms with Crippen LogP contribution in [0.3, 0.4) is 0 Å². The third-order valence-electron chi connectivity index (χ3n) is 5.79. The SMILES string of the molecule is CCC1CNC(C)(CC)CN1CC1(CC)CCC1. The lowest BCUT2D eigenvalue weighted by molar-refractivity contribution is 0.00257. The number of nitrogens with zero attached hydrogens (tertiary/aromatic N) is 1. The molecule has 2 heteroatoms. The van der Waals surface area contributed by atoms with E-state index in [-0.39, 0.29) is 0 Å². The predicted molar refractivity (Wildman–Crippen MR) is 78.9 cm³/mol. The van der Waals surface area contributed by atoms with Crippen LogP contribution in [0.2, 0.25) is 0 Å². The molecule has 2 unspecified atom stereocenters. The van der Waals surface area contributed by atoms with E-state index in [9.17, 15) is 0 Å². The minimum Gasteiger partial charge on any atom is -0.309 e. The first-order valence-corrected chi connectivity index (χ1v) is 8.05. The molecule has 0 radical (unpaired) electrons. The van der Waals surface area contributed by atoms with Crippen LogP contribution in [0, 0.1) is 5.41 Å². The molecule has 18 heavy (non-hydrogen) atoms. The van der Waals surface area contributed by atoms with Gasteiger partial charge in [0, 0.05) is 31.2 Å². The average molecular weight is 252 g/mol. The van der Waals surface area contributed by atoms with Crippen LogP contribution in [-0.2, 0) is 0 Å². The Morgan fingerprint density at radius 2 is 1.89 bits per heavy atom. The van der Waals surface area contributed by atoms with Crippen LogP contribution in [0.25, 0.3) is 0 Å². The molecule has 1 aliphatic heterocycles. The quantitative estimate of drug-likeness (QED) is 0.806. The molecule has 0 aromatic heterocycles. The Labute approximate surface area is 114 Å². The summed E-state index contributed by atoms with van der Waals surface area (Å²) >= 11 is 0. The minimum atomic E-state index is 0.338. The van der Waals surface area contributed by atoms with Crippen molar-refractivity contribution in [1.29, 1.82) is 0 Å². The lowest BCUT2D eigenvalue weighted by Crippen LogP contribution is -2.64. The highest BCUT2D eigenvalue weighted by Crippen LogP contribution is 2.45. The van der Waals surface area contributed by atoms with Crippen molar-refractivity contribution in [1.82, 2.24) is 10.2 Å². The van der Waals surface area contributed by atoms with Gasteiger partial charge in [-0.25, -0.2) is 0 Å². The van der Waals surface area contributed by atoms with Gasteiger partial charge in [0.25, 0.3) is 0 Å². The van der Waals surface area contributed by atoms with E-state index >= 15 is 0 Å². The molecule has 1 aliphatic carbocycles. The predicted octanol–water partition coefficient (Wildman–Crippen LogP) is 3.42. The van der Waals surface area contributed by atoms with Crippen molar-refractivity contribution in [2.45, 2.75) is 77.8 Å². The van der Waals surface area contributed by atoms with Crippen LogP contribution < -0.4 is 5.32 Å². The van der Waals surface area contributed by atoms with Gasteiger partial charge < -0.3 is 5.32 Å². The first-order chi connectivity index (χ1) is 8.56. The van der Waals surface area contributed by atoms with E-state index in [2.05, 4.69) is 37.9 Å². The number of rotatable bonds is 5. The summed E-state index contributed by atoms with van der Waals surface area (Å²) in [5.74, 6) is 0. The lowest BCUT2D eigenvalue weighted by atomic mass is 9.66. The van der Waals surface area contributed by atoms with Gasteiger partial charge in [0.1, 0.15) is 0 Å². The molecule has 1 saturated heterocycles. The van der Waals surface area contributed by atoms with Gasteiger partial charge in [-0.2, -0.15) is 0 Å². The standard InChI is InChI=1S/C16H32N2/c1-5-14-11-17-15(4,6-2)12-18(14)13-16(7-3)9-8-10-16/h14,17H,5-13H2,1-4H3. The number of hydrogen-bond donors (Lipinski definition) is 1. The molecule has 2 nitrogen and oxygen atoms in total. The molecule has 0 bridgehead atoms. The number of piperazine rings is 1. The van der Waals surface area contributed by atoms with Crippen LogP contribution in [0.5, 0.6) is 0 Å². The molecule has 2 rings (SSSR count). The van der Waals surface area contributed by atoms with E-state index in [4.69, 9.17) is 0 Å². The van der Waals surface area contributed by atoms with E-state index in [0.29, 0.717) is 11.0 Å². The van der Waals surface area contributed by atoms with E-state index in [1.54, 1.807) is 0 Å². The molecule has 0 amide bonds. The number of hydrogen-bond acceptors (Lipinski definition) is 2. The van der Waals surface area contributed by atoms with Crippen molar-refractivity contribution in [2.75, 3.05) is 19.6 Å². The summed E-state index contributed by atoms with van der Waals surface area (Å²) in [4.78, 5) is 2.81.